The number of carbonyl (C=O) groups excluding carboxylic acids is 2. The number of amides is 2. The van der Waals surface area contributed by atoms with Crippen molar-refractivity contribution in [2.45, 2.75) is 12.6 Å². The van der Waals surface area contributed by atoms with Gasteiger partial charge < -0.3 is 19.8 Å². The summed E-state index contributed by atoms with van der Waals surface area (Å²) in [7, 11) is 0. The van der Waals surface area contributed by atoms with E-state index in [1.54, 1.807) is 36.4 Å². The van der Waals surface area contributed by atoms with Gasteiger partial charge in [-0.05, 0) is 53.6 Å². The molecule has 0 radical (unpaired) electrons. The third-order valence-electron chi connectivity index (χ3n) is 5.77. The number of primary amides is 1. The fourth-order valence-electron chi connectivity index (χ4n) is 4.19. The van der Waals surface area contributed by atoms with Gasteiger partial charge in [-0.2, -0.15) is 0 Å². The molecule has 0 bridgehead atoms. The van der Waals surface area contributed by atoms with E-state index in [9.17, 15) is 23.2 Å². The standard InChI is InChI=1S/C26H18F2N2O5/c27-16-5-1-14(2-6-16)12-30-23(15-3-8-18(9-4-15)34-13-21(29)31)22-24(32)19-11-17(28)7-10-20(19)35-25(22)26(30)33/h1-11,23H,12-13H2,(H2,29,31). The van der Waals surface area contributed by atoms with Crippen LogP contribution in [0.3, 0.4) is 0 Å². The Balaban J connectivity index is 1.63. The quantitative estimate of drug-likeness (QED) is 0.457. The number of halogens is 2. The SMILES string of the molecule is NC(=O)COc1ccc(C2c3c(oc4ccc(F)cc4c3=O)C(=O)N2Cc2ccc(F)cc2)cc1. The van der Waals surface area contributed by atoms with Crippen LogP contribution < -0.4 is 15.9 Å². The summed E-state index contributed by atoms with van der Waals surface area (Å²) in [4.78, 5) is 39.3. The Hall–Kier alpha value is -4.53. The molecule has 2 heterocycles. The molecule has 1 aromatic heterocycles. The molecule has 9 heteroatoms. The van der Waals surface area contributed by atoms with E-state index in [2.05, 4.69) is 0 Å². The monoisotopic (exact) mass is 476 g/mol. The minimum atomic E-state index is -0.850. The van der Waals surface area contributed by atoms with Gasteiger partial charge in [0.15, 0.2) is 12.0 Å². The first kappa shape index (κ1) is 22.3. The van der Waals surface area contributed by atoms with Crippen molar-refractivity contribution in [2.75, 3.05) is 6.61 Å². The molecule has 3 aromatic carbocycles. The summed E-state index contributed by atoms with van der Waals surface area (Å²) in [5.74, 6) is -1.94. The molecule has 176 valence electrons. The third kappa shape index (κ3) is 4.12. The minimum absolute atomic E-state index is 0.0200. The third-order valence-corrected chi connectivity index (χ3v) is 5.77. The largest absolute Gasteiger partial charge is 0.484 e. The summed E-state index contributed by atoms with van der Waals surface area (Å²) < 4.78 is 38.4. The van der Waals surface area contributed by atoms with Crippen molar-refractivity contribution in [1.82, 2.24) is 4.90 Å². The van der Waals surface area contributed by atoms with E-state index in [0.717, 1.165) is 12.1 Å². The van der Waals surface area contributed by atoms with E-state index in [1.807, 2.05) is 0 Å². The van der Waals surface area contributed by atoms with Gasteiger partial charge in [-0.1, -0.05) is 24.3 Å². The molecular formula is C26H18F2N2O5. The Morgan fingerprint density at radius 2 is 1.66 bits per heavy atom. The molecule has 1 aliphatic heterocycles. The van der Waals surface area contributed by atoms with Crippen LogP contribution in [0.2, 0.25) is 0 Å². The highest BCUT2D eigenvalue weighted by Crippen LogP contribution is 2.39. The highest BCUT2D eigenvalue weighted by atomic mass is 19.1. The van der Waals surface area contributed by atoms with E-state index in [0.29, 0.717) is 16.9 Å². The van der Waals surface area contributed by atoms with E-state index >= 15 is 0 Å². The van der Waals surface area contributed by atoms with Gasteiger partial charge in [-0.25, -0.2) is 8.78 Å². The predicted octanol–water partition coefficient (Wildman–Crippen LogP) is 3.68. The molecule has 35 heavy (non-hydrogen) atoms. The maximum atomic E-state index is 13.9. The first-order chi connectivity index (χ1) is 16.8. The fraction of sp³-hybridized carbons (Fsp3) is 0.115. The molecule has 1 atom stereocenters. The van der Waals surface area contributed by atoms with Crippen LogP contribution in [0.15, 0.2) is 75.9 Å². The second kappa shape index (κ2) is 8.68. The molecule has 0 fully saturated rings. The Labute approximate surface area is 197 Å². The number of nitrogens with two attached hydrogens (primary N) is 1. The summed E-state index contributed by atoms with van der Waals surface area (Å²) in [6.45, 7) is -0.236. The minimum Gasteiger partial charge on any atom is -0.484 e. The smallest absolute Gasteiger partial charge is 0.291 e. The lowest BCUT2D eigenvalue weighted by Crippen LogP contribution is -2.29. The number of ether oxygens (including phenoxy) is 1. The van der Waals surface area contributed by atoms with Gasteiger partial charge in [0.2, 0.25) is 5.76 Å². The molecule has 1 aliphatic rings. The average molecular weight is 476 g/mol. The molecule has 2 N–H and O–H groups in total. The molecule has 5 rings (SSSR count). The zero-order valence-corrected chi connectivity index (χ0v) is 18.2. The van der Waals surface area contributed by atoms with Gasteiger partial charge in [0.25, 0.3) is 11.8 Å². The number of rotatable bonds is 6. The Morgan fingerprint density at radius 1 is 0.971 bits per heavy atom. The van der Waals surface area contributed by atoms with Crippen LogP contribution in [0.1, 0.15) is 33.3 Å². The summed E-state index contributed by atoms with van der Waals surface area (Å²) in [6.07, 6.45) is 0. The van der Waals surface area contributed by atoms with Crippen LogP contribution >= 0.6 is 0 Å². The number of hydrogen-bond donors (Lipinski definition) is 1. The zero-order valence-electron chi connectivity index (χ0n) is 18.2. The van der Waals surface area contributed by atoms with Gasteiger partial charge >= 0.3 is 0 Å². The van der Waals surface area contributed by atoms with Crippen molar-refractivity contribution in [2.24, 2.45) is 5.73 Å². The van der Waals surface area contributed by atoms with Crippen LogP contribution in [0.25, 0.3) is 11.0 Å². The van der Waals surface area contributed by atoms with Gasteiger partial charge in [0.1, 0.15) is 23.0 Å². The van der Waals surface area contributed by atoms with Crippen molar-refractivity contribution in [1.29, 1.82) is 0 Å². The summed E-state index contributed by atoms with van der Waals surface area (Å²) >= 11 is 0. The number of carbonyl (C=O) groups is 2. The molecular weight excluding hydrogens is 458 g/mol. The maximum absolute atomic E-state index is 13.9. The summed E-state index contributed by atoms with van der Waals surface area (Å²) in [6, 6.07) is 14.8. The van der Waals surface area contributed by atoms with Gasteiger partial charge in [0.05, 0.1) is 17.0 Å². The molecule has 0 spiro atoms. The van der Waals surface area contributed by atoms with Crippen molar-refractivity contribution in [3.05, 3.63) is 111 Å². The highest BCUT2D eigenvalue weighted by molar-refractivity contribution is 5.99. The van der Waals surface area contributed by atoms with E-state index < -0.39 is 34.9 Å². The van der Waals surface area contributed by atoms with Crippen LogP contribution in [0, 0.1) is 11.6 Å². The van der Waals surface area contributed by atoms with Crippen LogP contribution in [0.5, 0.6) is 5.75 Å². The number of hydrogen-bond acceptors (Lipinski definition) is 5. The number of benzene rings is 3. The molecule has 0 saturated carbocycles. The van der Waals surface area contributed by atoms with Crippen molar-refractivity contribution in [3.63, 3.8) is 0 Å². The highest BCUT2D eigenvalue weighted by Gasteiger charge is 2.42. The Kier molecular flexibility index (Phi) is 5.52. The van der Waals surface area contributed by atoms with E-state index in [4.69, 9.17) is 14.9 Å². The first-order valence-corrected chi connectivity index (χ1v) is 10.6. The first-order valence-electron chi connectivity index (χ1n) is 10.6. The molecule has 0 saturated heterocycles. The number of fused-ring (bicyclic) bond motifs is 2. The van der Waals surface area contributed by atoms with Crippen LogP contribution in [-0.2, 0) is 11.3 Å². The Morgan fingerprint density at radius 3 is 2.34 bits per heavy atom. The Bertz CT molecular complexity index is 1510. The average Bonchev–Trinajstić information content (AvgIpc) is 3.11. The van der Waals surface area contributed by atoms with Crippen molar-refractivity contribution >= 4 is 22.8 Å². The summed E-state index contributed by atoms with van der Waals surface area (Å²) in [5.41, 5.74) is 5.98. The normalized spacial score (nSPS) is 14.9. The second-order valence-corrected chi connectivity index (χ2v) is 8.10. The van der Waals surface area contributed by atoms with E-state index in [-0.39, 0.29) is 35.4 Å². The fourth-order valence-corrected chi connectivity index (χ4v) is 4.19. The molecule has 1 unspecified atom stereocenters. The molecule has 7 nitrogen and oxygen atoms in total. The van der Waals surface area contributed by atoms with Gasteiger partial charge in [-0.3, -0.25) is 14.4 Å². The van der Waals surface area contributed by atoms with Crippen molar-refractivity contribution < 1.29 is 27.5 Å². The lowest BCUT2D eigenvalue weighted by Gasteiger charge is -2.25. The van der Waals surface area contributed by atoms with Crippen LogP contribution in [-0.4, -0.2) is 23.3 Å². The second-order valence-electron chi connectivity index (χ2n) is 8.10. The molecule has 0 aliphatic carbocycles. The molecule has 2 amide bonds. The summed E-state index contributed by atoms with van der Waals surface area (Å²) in [5, 5.41) is 0.0200. The van der Waals surface area contributed by atoms with Gasteiger partial charge in [-0.15, -0.1) is 0 Å². The van der Waals surface area contributed by atoms with Crippen LogP contribution in [0.4, 0.5) is 8.78 Å². The maximum Gasteiger partial charge on any atom is 0.291 e. The lowest BCUT2D eigenvalue weighted by molar-refractivity contribution is -0.119. The van der Waals surface area contributed by atoms with E-state index in [1.165, 1.54) is 23.1 Å². The van der Waals surface area contributed by atoms with Crippen molar-refractivity contribution in [3.8, 4) is 5.75 Å². The lowest BCUT2D eigenvalue weighted by atomic mass is 9.98. The number of nitrogens with zero attached hydrogens (tertiary/aromatic N) is 1. The molecule has 4 aromatic rings. The van der Waals surface area contributed by atoms with Gasteiger partial charge in [0, 0.05) is 6.54 Å². The predicted molar refractivity (Wildman–Crippen MR) is 122 cm³/mol. The zero-order chi connectivity index (χ0) is 24.7. The topological polar surface area (TPSA) is 103 Å².